The van der Waals surface area contributed by atoms with Gasteiger partial charge >= 0.3 is 0 Å². The zero-order chi connectivity index (χ0) is 21.1. The average molecular weight is 427 g/mol. The maximum atomic E-state index is 11.6. The summed E-state index contributed by atoms with van der Waals surface area (Å²) in [6.45, 7) is 15.2. The number of carbonyl (C=O) groups is 3. The lowest BCUT2D eigenvalue weighted by Gasteiger charge is -2.10. The molecule has 7 nitrogen and oxygen atoms in total. The van der Waals surface area contributed by atoms with Crippen LogP contribution in [0.2, 0.25) is 0 Å². The minimum absolute atomic E-state index is 0. The van der Waals surface area contributed by atoms with Crippen molar-refractivity contribution < 1.29 is 14.4 Å². The molecule has 2 heterocycles. The van der Waals surface area contributed by atoms with Crippen LogP contribution in [0.3, 0.4) is 0 Å². The summed E-state index contributed by atoms with van der Waals surface area (Å²) in [7, 11) is 0. The number of ketones is 1. The number of hydrogen-bond donors (Lipinski definition) is 2. The van der Waals surface area contributed by atoms with E-state index in [2.05, 4.69) is 23.8 Å². The molecular formula is C19H30N4O3S2. The second kappa shape index (κ2) is 13.7. The number of carbonyl (C=O) groups excluding carboxylic acids is 3. The topological polar surface area (TPSA) is 81.8 Å². The molecule has 28 heavy (non-hydrogen) atoms. The van der Waals surface area contributed by atoms with Crippen LogP contribution in [0.1, 0.15) is 35.1 Å². The summed E-state index contributed by atoms with van der Waals surface area (Å²) in [5.41, 5.74) is 1.53. The molecule has 0 unspecified atom stereocenters. The molecule has 2 fully saturated rings. The third kappa shape index (κ3) is 9.01. The number of allylic oxidation sites excluding steroid dienone is 1. The Labute approximate surface area is 178 Å². The summed E-state index contributed by atoms with van der Waals surface area (Å²) >= 11 is 9.82. The Morgan fingerprint density at radius 3 is 1.82 bits per heavy atom. The number of hydrogen-bond acceptors (Lipinski definition) is 5. The van der Waals surface area contributed by atoms with Crippen molar-refractivity contribution in [3.8, 4) is 0 Å². The van der Waals surface area contributed by atoms with E-state index in [0.717, 1.165) is 5.57 Å². The standard InChI is InChI=1S/C9H12N2OS.C6H8N2OS.C3H6O.CH4/c1-4-5-11-8(12)7(6(2)3)10-9(11)13;1-2-3-8-5(9)4-7-6(8)10;1-3(2)4;/h4H,1,5H2,2-3H3,(H,10,13);2H,1,3-4H2,(H,7,10);1-2H3;1H4. The van der Waals surface area contributed by atoms with E-state index in [9.17, 15) is 14.4 Å². The van der Waals surface area contributed by atoms with Crippen LogP contribution in [0, 0.1) is 0 Å². The van der Waals surface area contributed by atoms with Crippen molar-refractivity contribution >= 4 is 52.3 Å². The molecule has 2 N–H and O–H groups in total. The third-order valence-corrected chi connectivity index (χ3v) is 3.68. The predicted molar refractivity (Wildman–Crippen MR) is 122 cm³/mol. The first kappa shape index (κ1) is 27.8. The van der Waals surface area contributed by atoms with E-state index in [-0.39, 0.29) is 25.0 Å². The van der Waals surface area contributed by atoms with Crippen LogP contribution in [0.15, 0.2) is 36.6 Å². The number of nitrogens with one attached hydrogen (secondary N) is 2. The predicted octanol–water partition coefficient (Wildman–Crippen LogP) is 2.30. The monoisotopic (exact) mass is 426 g/mol. The van der Waals surface area contributed by atoms with Gasteiger partial charge in [-0.3, -0.25) is 19.4 Å². The Hall–Kier alpha value is -2.39. The van der Waals surface area contributed by atoms with Crippen molar-refractivity contribution in [1.29, 1.82) is 0 Å². The van der Waals surface area contributed by atoms with Crippen molar-refractivity contribution in [3.05, 3.63) is 36.6 Å². The summed E-state index contributed by atoms with van der Waals surface area (Å²) in [6.07, 6.45) is 3.30. The molecule has 0 aliphatic carbocycles. The molecule has 2 amide bonds. The Bertz CT molecular complexity index is 663. The molecule has 2 aliphatic rings. The lowest BCUT2D eigenvalue weighted by molar-refractivity contribution is -0.124. The van der Waals surface area contributed by atoms with Gasteiger partial charge in [0.25, 0.3) is 5.91 Å². The fraction of sp³-hybridized carbons (Fsp3) is 0.421. The number of nitrogens with zero attached hydrogens (tertiary/aromatic N) is 2. The van der Waals surface area contributed by atoms with Crippen LogP contribution in [-0.2, 0) is 14.4 Å². The van der Waals surface area contributed by atoms with E-state index < -0.39 is 0 Å². The van der Waals surface area contributed by atoms with E-state index in [1.54, 1.807) is 12.2 Å². The number of Topliss-reactive ketones (excluding diaryl/α,β-unsaturated/α-hetero) is 1. The Morgan fingerprint density at radius 2 is 1.50 bits per heavy atom. The van der Waals surface area contributed by atoms with Gasteiger partial charge in [-0.05, 0) is 57.7 Å². The third-order valence-electron chi connectivity index (χ3n) is 3.00. The Morgan fingerprint density at radius 1 is 1.04 bits per heavy atom. The van der Waals surface area contributed by atoms with Gasteiger partial charge in [-0.15, -0.1) is 13.2 Å². The van der Waals surface area contributed by atoms with Crippen LogP contribution in [-0.4, -0.2) is 57.3 Å². The summed E-state index contributed by atoms with van der Waals surface area (Å²) in [6, 6.07) is 0. The van der Waals surface area contributed by atoms with Crippen molar-refractivity contribution in [2.24, 2.45) is 0 Å². The van der Waals surface area contributed by atoms with Gasteiger partial charge in [-0.25, -0.2) is 0 Å². The molecule has 0 bridgehead atoms. The smallest absolute Gasteiger partial charge is 0.276 e. The van der Waals surface area contributed by atoms with Crippen molar-refractivity contribution in [2.75, 3.05) is 19.6 Å². The van der Waals surface area contributed by atoms with E-state index >= 15 is 0 Å². The lowest BCUT2D eigenvalue weighted by Crippen LogP contribution is -2.30. The SMILES string of the molecule is C.C=CCN1C(=O)C(=C(C)C)NC1=S.C=CCN1C(=O)CNC1=S.CC(C)=O. The van der Waals surface area contributed by atoms with Gasteiger partial charge in [0.15, 0.2) is 10.2 Å². The molecule has 0 radical (unpaired) electrons. The zero-order valence-corrected chi connectivity index (χ0v) is 17.8. The van der Waals surface area contributed by atoms with Crippen LogP contribution >= 0.6 is 24.4 Å². The molecule has 2 rings (SSSR count). The first-order valence-electron chi connectivity index (χ1n) is 8.14. The molecule has 0 atom stereocenters. The van der Waals surface area contributed by atoms with Gasteiger partial charge in [-0.2, -0.15) is 0 Å². The normalized spacial score (nSPS) is 14.6. The van der Waals surface area contributed by atoms with E-state index in [1.807, 2.05) is 13.8 Å². The summed E-state index contributed by atoms with van der Waals surface area (Å²) in [4.78, 5) is 34.9. The summed E-state index contributed by atoms with van der Waals surface area (Å²) < 4.78 is 0. The molecule has 156 valence electrons. The zero-order valence-electron chi connectivity index (χ0n) is 16.1. The number of thiocarbonyl (C=S) groups is 2. The second-order valence-electron chi connectivity index (χ2n) is 5.87. The quantitative estimate of drug-likeness (QED) is 0.405. The van der Waals surface area contributed by atoms with Gasteiger partial charge in [0.05, 0.1) is 6.54 Å². The van der Waals surface area contributed by atoms with E-state index in [4.69, 9.17) is 24.4 Å². The van der Waals surface area contributed by atoms with Gasteiger partial charge in [0.1, 0.15) is 11.5 Å². The van der Waals surface area contributed by atoms with Crippen LogP contribution in [0.5, 0.6) is 0 Å². The highest BCUT2D eigenvalue weighted by Gasteiger charge is 2.30. The second-order valence-corrected chi connectivity index (χ2v) is 6.64. The maximum absolute atomic E-state index is 11.6. The molecule has 0 spiro atoms. The Kier molecular flexibility index (Phi) is 13.6. The van der Waals surface area contributed by atoms with Gasteiger partial charge < -0.3 is 15.4 Å². The molecule has 0 aromatic heterocycles. The van der Waals surface area contributed by atoms with Crippen molar-refractivity contribution in [1.82, 2.24) is 20.4 Å². The molecule has 0 aromatic rings. The number of amides is 2. The maximum Gasteiger partial charge on any atom is 0.276 e. The molecule has 0 saturated carbocycles. The minimum Gasteiger partial charge on any atom is -0.353 e. The lowest BCUT2D eigenvalue weighted by atomic mass is 10.2. The van der Waals surface area contributed by atoms with Gasteiger partial charge in [0, 0.05) is 13.1 Å². The summed E-state index contributed by atoms with van der Waals surface area (Å²) in [5.74, 6) is 0.120. The van der Waals surface area contributed by atoms with Gasteiger partial charge in [-0.1, -0.05) is 19.6 Å². The first-order valence-corrected chi connectivity index (χ1v) is 8.95. The van der Waals surface area contributed by atoms with E-state index in [0.29, 0.717) is 35.6 Å². The fourth-order valence-corrected chi connectivity index (χ4v) is 2.37. The number of rotatable bonds is 4. The van der Waals surface area contributed by atoms with Crippen molar-refractivity contribution in [3.63, 3.8) is 0 Å². The highest BCUT2D eigenvalue weighted by atomic mass is 32.1. The Balaban J connectivity index is 0. The highest BCUT2D eigenvalue weighted by Crippen LogP contribution is 2.13. The average Bonchev–Trinajstić information content (AvgIpc) is 3.03. The van der Waals surface area contributed by atoms with Gasteiger partial charge in [0.2, 0.25) is 5.91 Å². The first-order chi connectivity index (χ1) is 12.6. The minimum atomic E-state index is -0.0649. The molecule has 2 saturated heterocycles. The van der Waals surface area contributed by atoms with Crippen LogP contribution in [0.25, 0.3) is 0 Å². The molecule has 0 aromatic carbocycles. The summed E-state index contributed by atoms with van der Waals surface area (Å²) in [5, 5.41) is 6.61. The van der Waals surface area contributed by atoms with Crippen LogP contribution in [0.4, 0.5) is 0 Å². The molecule has 2 aliphatic heterocycles. The van der Waals surface area contributed by atoms with Crippen molar-refractivity contribution in [2.45, 2.75) is 35.1 Å². The fourth-order valence-electron chi connectivity index (χ4n) is 1.86. The highest BCUT2D eigenvalue weighted by molar-refractivity contribution is 7.80. The van der Waals surface area contributed by atoms with Crippen LogP contribution < -0.4 is 10.6 Å². The molecular weight excluding hydrogens is 396 g/mol. The molecule has 9 heteroatoms. The van der Waals surface area contributed by atoms with E-state index in [1.165, 1.54) is 23.6 Å². The largest absolute Gasteiger partial charge is 0.353 e.